The molecule has 0 aliphatic rings. The van der Waals surface area contributed by atoms with Gasteiger partial charge in [-0.05, 0) is 13.8 Å². The number of carbonyl (C=O) groups excluding carboxylic acids is 1. The van der Waals surface area contributed by atoms with Crippen LogP contribution in [0.15, 0.2) is 18.6 Å². The first-order valence-corrected chi connectivity index (χ1v) is 6.44. The maximum Gasteiger partial charge on any atom is 0.242 e. The number of hydrogen-bond acceptors (Lipinski definition) is 3. The number of nitrogens with zero attached hydrogens (tertiary/aromatic N) is 4. The third kappa shape index (κ3) is 3.57. The van der Waals surface area contributed by atoms with E-state index in [0.717, 1.165) is 17.8 Å². The van der Waals surface area contributed by atoms with Crippen molar-refractivity contribution in [2.24, 2.45) is 0 Å². The number of amides is 1. The molecule has 102 valence electrons. The number of nitrogens with one attached hydrogen (secondary N) is 1. The lowest BCUT2D eigenvalue weighted by atomic mass is 10.2. The van der Waals surface area contributed by atoms with Gasteiger partial charge in [0.15, 0.2) is 0 Å². The Balaban J connectivity index is 1.87. The predicted octanol–water partition coefficient (Wildman–Crippen LogP) is 1.38. The second kappa shape index (κ2) is 5.88. The molecule has 0 atom stereocenters. The first kappa shape index (κ1) is 13.6. The maximum atomic E-state index is 11.7. The molecule has 0 unspecified atom stereocenters. The molecule has 1 N–H and O–H groups in total. The summed E-state index contributed by atoms with van der Waals surface area (Å²) in [7, 11) is 0. The molecule has 0 aromatic carbocycles. The van der Waals surface area contributed by atoms with Crippen LogP contribution in [0.4, 0.5) is 0 Å². The van der Waals surface area contributed by atoms with Crippen molar-refractivity contribution in [2.75, 3.05) is 0 Å². The van der Waals surface area contributed by atoms with Crippen molar-refractivity contribution in [3.8, 4) is 0 Å². The molecule has 0 aliphatic heterocycles. The van der Waals surface area contributed by atoms with Gasteiger partial charge in [0.1, 0.15) is 6.54 Å². The van der Waals surface area contributed by atoms with Gasteiger partial charge >= 0.3 is 0 Å². The van der Waals surface area contributed by atoms with Gasteiger partial charge < -0.3 is 5.32 Å². The molecule has 0 fully saturated rings. The summed E-state index contributed by atoms with van der Waals surface area (Å²) >= 11 is 5.73. The molecule has 0 bridgehead atoms. The van der Waals surface area contributed by atoms with E-state index in [4.69, 9.17) is 11.6 Å². The lowest BCUT2D eigenvalue weighted by Crippen LogP contribution is -2.27. The summed E-state index contributed by atoms with van der Waals surface area (Å²) in [4.78, 5) is 11.7. The maximum absolute atomic E-state index is 11.7. The molecule has 7 heteroatoms. The van der Waals surface area contributed by atoms with Gasteiger partial charge in [0, 0.05) is 31.0 Å². The van der Waals surface area contributed by atoms with Gasteiger partial charge in [-0.2, -0.15) is 10.2 Å². The quantitative estimate of drug-likeness (QED) is 0.900. The van der Waals surface area contributed by atoms with Gasteiger partial charge in [-0.25, -0.2) is 0 Å². The number of halogens is 1. The molecule has 0 spiro atoms. The van der Waals surface area contributed by atoms with Crippen molar-refractivity contribution < 1.29 is 4.79 Å². The van der Waals surface area contributed by atoms with E-state index in [1.165, 1.54) is 10.9 Å². The van der Waals surface area contributed by atoms with Crippen LogP contribution in [0.2, 0.25) is 5.02 Å². The van der Waals surface area contributed by atoms with E-state index >= 15 is 0 Å². The standard InChI is InChI=1S/C12H16ClN5O/c1-3-17-6-10(9(2)16-17)4-14-12(19)8-18-7-11(13)5-15-18/h5-7H,3-4,8H2,1-2H3,(H,14,19). The van der Waals surface area contributed by atoms with Gasteiger partial charge in [-0.3, -0.25) is 14.2 Å². The Morgan fingerprint density at radius 1 is 1.42 bits per heavy atom. The van der Waals surface area contributed by atoms with Crippen LogP contribution in [0.25, 0.3) is 0 Å². The minimum Gasteiger partial charge on any atom is -0.350 e. The van der Waals surface area contributed by atoms with Crippen LogP contribution in [-0.2, 0) is 24.4 Å². The molecule has 2 aromatic rings. The smallest absolute Gasteiger partial charge is 0.242 e. The van der Waals surface area contributed by atoms with E-state index in [1.807, 2.05) is 24.7 Å². The highest BCUT2D eigenvalue weighted by atomic mass is 35.5. The zero-order valence-corrected chi connectivity index (χ0v) is 11.7. The molecule has 2 aromatic heterocycles. The summed E-state index contributed by atoms with van der Waals surface area (Å²) < 4.78 is 3.35. The van der Waals surface area contributed by atoms with E-state index in [2.05, 4.69) is 15.5 Å². The topological polar surface area (TPSA) is 64.7 Å². The zero-order valence-electron chi connectivity index (χ0n) is 10.9. The average molecular weight is 282 g/mol. The van der Waals surface area contributed by atoms with Crippen LogP contribution in [-0.4, -0.2) is 25.5 Å². The van der Waals surface area contributed by atoms with Crippen molar-refractivity contribution in [3.63, 3.8) is 0 Å². The summed E-state index contributed by atoms with van der Waals surface area (Å²) in [6.07, 6.45) is 5.06. The highest BCUT2D eigenvalue weighted by molar-refractivity contribution is 6.30. The fraction of sp³-hybridized carbons (Fsp3) is 0.417. The Hall–Kier alpha value is -1.82. The fourth-order valence-electron chi connectivity index (χ4n) is 1.72. The molecule has 0 radical (unpaired) electrons. The average Bonchev–Trinajstić information content (AvgIpc) is 2.93. The van der Waals surface area contributed by atoms with Crippen molar-refractivity contribution >= 4 is 17.5 Å². The van der Waals surface area contributed by atoms with Crippen molar-refractivity contribution in [3.05, 3.63) is 34.9 Å². The molecule has 0 saturated carbocycles. The van der Waals surface area contributed by atoms with E-state index in [0.29, 0.717) is 11.6 Å². The first-order valence-electron chi connectivity index (χ1n) is 6.06. The molecule has 1 amide bonds. The molecular weight excluding hydrogens is 266 g/mol. The number of aromatic nitrogens is 4. The fourth-order valence-corrected chi connectivity index (χ4v) is 1.87. The summed E-state index contributed by atoms with van der Waals surface area (Å²) in [5.41, 5.74) is 1.96. The largest absolute Gasteiger partial charge is 0.350 e. The van der Waals surface area contributed by atoms with E-state index in [9.17, 15) is 4.79 Å². The van der Waals surface area contributed by atoms with Crippen molar-refractivity contribution in [1.29, 1.82) is 0 Å². The number of carbonyl (C=O) groups is 1. The number of aryl methyl sites for hydroxylation is 2. The summed E-state index contributed by atoms with van der Waals surface area (Å²) in [5, 5.41) is 11.6. The molecule has 2 rings (SSSR count). The van der Waals surface area contributed by atoms with Gasteiger partial charge in [0.2, 0.25) is 5.91 Å². The second-order valence-electron chi connectivity index (χ2n) is 4.23. The molecule has 6 nitrogen and oxygen atoms in total. The Labute approximate surface area is 116 Å². The highest BCUT2D eigenvalue weighted by Gasteiger charge is 2.07. The highest BCUT2D eigenvalue weighted by Crippen LogP contribution is 2.06. The monoisotopic (exact) mass is 281 g/mol. The van der Waals surface area contributed by atoms with Crippen molar-refractivity contribution in [1.82, 2.24) is 24.9 Å². The SMILES string of the molecule is CCn1cc(CNC(=O)Cn2cc(Cl)cn2)c(C)n1. The number of rotatable bonds is 5. The van der Waals surface area contributed by atoms with Crippen LogP contribution in [0, 0.1) is 6.92 Å². The van der Waals surface area contributed by atoms with Crippen LogP contribution in [0.1, 0.15) is 18.2 Å². The third-order valence-electron chi connectivity index (χ3n) is 2.76. The summed E-state index contributed by atoms with van der Waals surface area (Å²) in [6, 6.07) is 0. The Bertz CT molecular complexity index is 574. The Morgan fingerprint density at radius 2 is 2.21 bits per heavy atom. The third-order valence-corrected chi connectivity index (χ3v) is 2.95. The van der Waals surface area contributed by atoms with Gasteiger partial charge in [0.05, 0.1) is 16.9 Å². The Kier molecular flexibility index (Phi) is 4.21. The summed E-state index contributed by atoms with van der Waals surface area (Å²) in [6.45, 7) is 5.41. The molecule has 0 saturated heterocycles. The van der Waals surface area contributed by atoms with Crippen LogP contribution >= 0.6 is 11.6 Å². The van der Waals surface area contributed by atoms with Gasteiger partial charge in [-0.1, -0.05) is 11.6 Å². The second-order valence-corrected chi connectivity index (χ2v) is 4.66. The lowest BCUT2D eigenvalue weighted by molar-refractivity contribution is -0.122. The Morgan fingerprint density at radius 3 is 2.79 bits per heavy atom. The van der Waals surface area contributed by atoms with Crippen molar-refractivity contribution in [2.45, 2.75) is 33.5 Å². The van der Waals surface area contributed by atoms with Gasteiger partial charge in [0.25, 0.3) is 0 Å². The molecule has 2 heterocycles. The predicted molar refractivity (Wildman–Crippen MR) is 71.7 cm³/mol. The normalized spacial score (nSPS) is 10.7. The molecule has 0 aliphatic carbocycles. The molecular formula is C12H16ClN5O. The first-order chi connectivity index (χ1) is 9.08. The zero-order chi connectivity index (χ0) is 13.8. The van der Waals surface area contributed by atoms with Crippen LogP contribution in [0.3, 0.4) is 0 Å². The summed E-state index contributed by atoms with van der Waals surface area (Å²) in [5.74, 6) is -0.108. The minimum absolute atomic E-state index is 0.108. The van der Waals surface area contributed by atoms with E-state index < -0.39 is 0 Å². The molecule has 19 heavy (non-hydrogen) atoms. The minimum atomic E-state index is -0.108. The number of hydrogen-bond donors (Lipinski definition) is 1. The van der Waals surface area contributed by atoms with Crippen LogP contribution in [0.5, 0.6) is 0 Å². The van der Waals surface area contributed by atoms with E-state index in [1.54, 1.807) is 6.20 Å². The van der Waals surface area contributed by atoms with E-state index in [-0.39, 0.29) is 12.5 Å². The van der Waals surface area contributed by atoms with Gasteiger partial charge in [-0.15, -0.1) is 0 Å². The lowest BCUT2D eigenvalue weighted by Gasteiger charge is -2.04. The van der Waals surface area contributed by atoms with Crippen LogP contribution < -0.4 is 5.32 Å².